The van der Waals surface area contributed by atoms with Crippen LogP contribution in [-0.2, 0) is 4.74 Å². The number of anilines is 1. The summed E-state index contributed by atoms with van der Waals surface area (Å²) in [6.45, 7) is 3.25. The maximum Gasteiger partial charge on any atom is 0.134 e. The van der Waals surface area contributed by atoms with Crippen LogP contribution in [0.15, 0.2) is 12.4 Å². The molecular weight excluding hydrogens is 230 g/mol. The van der Waals surface area contributed by atoms with E-state index in [-0.39, 0.29) is 18.8 Å². The zero-order valence-corrected chi connectivity index (χ0v) is 9.76. The summed E-state index contributed by atoms with van der Waals surface area (Å²) >= 11 is 5.82. The van der Waals surface area contributed by atoms with E-state index in [1.807, 2.05) is 6.92 Å². The van der Waals surface area contributed by atoms with Gasteiger partial charge in [0, 0.05) is 12.6 Å². The van der Waals surface area contributed by atoms with Crippen LogP contribution >= 0.6 is 11.6 Å². The summed E-state index contributed by atoms with van der Waals surface area (Å²) in [4.78, 5) is 10.1. The smallest absolute Gasteiger partial charge is 0.134 e. The molecule has 0 amide bonds. The standard InChI is InChI=1S/C10H14ClN3O2/c1-7-5-16-8(4-15)3-14(7)10-2-9(11)12-6-13-10/h2,6-8,15H,3-5H2,1H3. The fourth-order valence-electron chi connectivity index (χ4n) is 1.73. The molecule has 2 heterocycles. The van der Waals surface area contributed by atoms with Crippen molar-refractivity contribution in [2.75, 3.05) is 24.7 Å². The number of aromatic nitrogens is 2. The third kappa shape index (κ3) is 2.42. The first-order chi connectivity index (χ1) is 7.70. The molecule has 88 valence electrons. The van der Waals surface area contributed by atoms with Gasteiger partial charge in [0.2, 0.25) is 0 Å². The second kappa shape index (κ2) is 4.95. The van der Waals surface area contributed by atoms with Crippen LogP contribution in [0.4, 0.5) is 5.82 Å². The summed E-state index contributed by atoms with van der Waals surface area (Å²) in [6.07, 6.45) is 1.28. The first kappa shape index (κ1) is 11.6. The average Bonchev–Trinajstić information content (AvgIpc) is 2.30. The number of rotatable bonds is 2. The molecule has 1 aromatic rings. The van der Waals surface area contributed by atoms with Gasteiger partial charge in [-0.25, -0.2) is 9.97 Å². The normalized spacial score (nSPS) is 25.8. The number of morpholine rings is 1. The molecule has 1 saturated heterocycles. The van der Waals surface area contributed by atoms with Crippen LogP contribution in [0.1, 0.15) is 6.92 Å². The van der Waals surface area contributed by atoms with Gasteiger partial charge >= 0.3 is 0 Å². The minimum atomic E-state index is -0.162. The van der Waals surface area contributed by atoms with Gasteiger partial charge in [-0.3, -0.25) is 0 Å². The number of ether oxygens (including phenoxy) is 1. The predicted octanol–water partition coefficient (Wildman–Crippen LogP) is 0.716. The maximum absolute atomic E-state index is 9.09. The molecular formula is C10H14ClN3O2. The Labute approximate surface area is 99.0 Å². The predicted molar refractivity (Wildman–Crippen MR) is 60.7 cm³/mol. The molecule has 1 aromatic heterocycles. The zero-order chi connectivity index (χ0) is 11.5. The van der Waals surface area contributed by atoms with Crippen LogP contribution in [0, 0.1) is 0 Å². The molecule has 2 atom stereocenters. The fourth-order valence-corrected chi connectivity index (χ4v) is 1.87. The van der Waals surface area contributed by atoms with E-state index in [2.05, 4.69) is 14.9 Å². The average molecular weight is 244 g/mol. The van der Waals surface area contributed by atoms with Crippen molar-refractivity contribution in [1.82, 2.24) is 9.97 Å². The van der Waals surface area contributed by atoms with E-state index in [1.54, 1.807) is 6.07 Å². The van der Waals surface area contributed by atoms with E-state index in [1.165, 1.54) is 6.33 Å². The molecule has 5 nitrogen and oxygen atoms in total. The summed E-state index contributed by atoms with van der Waals surface area (Å²) in [7, 11) is 0. The molecule has 0 aromatic carbocycles. The molecule has 6 heteroatoms. The van der Waals surface area contributed by atoms with Crippen molar-refractivity contribution in [1.29, 1.82) is 0 Å². The molecule has 2 rings (SSSR count). The van der Waals surface area contributed by atoms with Gasteiger partial charge in [-0.15, -0.1) is 0 Å². The molecule has 2 unspecified atom stereocenters. The van der Waals surface area contributed by atoms with Gasteiger partial charge in [0.1, 0.15) is 17.3 Å². The largest absolute Gasteiger partial charge is 0.394 e. The number of nitrogens with zero attached hydrogens (tertiary/aromatic N) is 3. The summed E-state index contributed by atoms with van der Waals surface area (Å²) in [5.41, 5.74) is 0. The highest BCUT2D eigenvalue weighted by Crippen LogP contribution is 2.20. The summed E-state index contributed by atoms with van der Waals surface area (Å²) in [5.74, 6) is 0.772. The van der Waals surface area contributed by atoms with Gasteiger partial charge in [0.15, 0.2) is 0 Å². The molecule has 0 saturated carbocycles. The number of aliphatic hydroxyl groups is 1. The van der Waals surface area contributed by atoms with Gasteiger partial charge in [0.05, 0.1) is 25.4 Å². The highest BCUT2D eigenvalue weighted by atomic mass is 35.5. The fraction of sp³-hybridized carbons (Fsp3) is 0.600. The number of halogens is 1. The summed E-state index contributed by atoms with van der Waals surface area (Å²) in [6, 6.07) is 1.94. The van der Waals surface area contributed by atoms with E-state index >= 15 is 0 Å². The van der Waals surface area contributed by atoms with Gasteiger partial charge < -0.3 is 14.7 Å². The number of hydrogen-bond donors (Lipinski definition) is 1. The van der Waals surface area contributed by atoms with Gasteiger partial charge in [0.25, 0.3) is 0 Å². The van der Waals surface area contributed by atoms with Crippen LogP contribution in [0.3, 0.4) is 0 Å². The molecule has 1 aliphatic rings. The highest BCUT2D eigenvalue weighted by Gasteiger charge is 2.26. The minimum absolute atomic E-state index is 0.0159. The summed E-state index contributed by atoms with van der Waals surface area (Å²) in [5, 5.41) is 9.51. The van der Waals surface area contributed by atoms with Crippen molar-refractivity contribution in [3.63, 3.8) is 0 Å². The second-order valence-electron chi connectivity index (χ2n) is 3.84. The van der Waals surface area contributed by atoms with Crippen molar-refractivity contribution in [2.24, 2.45) is 0 Å². The topological polar surface area (TPSA) is 58.5 Å². The van der Waals surface area contributed by atoms with Gasteiger partial charge in [-0.1, -0.05) is 11.6 Å². The molecule has 0 bridgehead atoms. The molecule has 0 aliphatic carbocycles. The monoisotopic (exact) mass is 243 g/mol. The molecule has 0 spiro atoms. The lowest BCUT2D eigenvalue weighted by Crippen LogP contribution is -2.50. The molecule has 1 N–H and O–H groups in total. The van der Waals surface area contributed by atoms with Crippen LogP contribution < -0.4 is 4.90 Å². The lowest BCUT2D eigenvalue weighted by molar-refractivity contribution is -0.0105. The van der Waals surface area contributed by atoms with E-state index in [9.17, 15) is 0 Å². The van der Waals surface area contributed by atoms with Gasteiger partial charge in [-0.2, -0.15) is 0 Å². The third-order valence-corrected chi connectivity index (χ3v) is 2.83. The molecule has 1 fully saturated rings. The Balaban J connectivity index is 2.17. The first-order valence-corrected chi connectivity index (χ1v) is 5.55. The van der Waals surface area contributed by atoms with Crippen molar-refractivity contribution in [3.05, 3.63) is 17.5 Å². The number of aliphatic hydroxyl groups excluding tert-OH is 1. The highest BCUT2D eigenvalue weighted by molar-refractivity contribution is 6.29. The van der Waals surface area contributed by atoms with Crippen LogP contribution in [0.5, 0.6) is 0 Å². The molecule has 1 aliphatic heterocycles. The van der Waals surface area contributed by atoms with E-state index < -0.39 is 0 Å². The maximum atomic E-state index is 9.09. The quantitative estimate of drug-likeness (QED) is 0.776. The summed E-state index contributed by atoms with van der Waals surface area (Å²) < 4.78 is 5.45. The minimum Gasteiger partial charge on any atom is -0.394 e. The Morgan fingerprint density at radius 1 is 1.62 bits per heavy atom. The van der Waals surface area contributed by atoms with Crippen molar-refractivity contribution < 1.29 is 9.84 Å². The lowest BCUT2D eigenvalue weighted by atomic mass is 10.2. The Bertz CT molecular complexity index is 364. The first-order valence-electron chi connectivity index (χ1n) is 5.17. The van der Waals surface area contributed by atoms with Crippen LogP contribution in [0.2, 0.25) is 5.15 Å². The van der Waals surface area contributed by atoms with Crippen LogP contribution in [0.25, 0.3) is 0 Å². The van der Waals surface area contributed by atoms with Crippen molar-refractivity contribution in [2.45, 2.75) is 19.1 Å². The zero-order valence-electron chi connectivity index (χ0n) is 9.01. The van der Waals surface area contributed by atoms with Gasteiger partial charge in [-0.05, 0) is 6.92 Å². The van der Waals surface area contributed by atoms with E-state index in [0.717, 1.165) is 5.82 Å². The number of hydrogen-bond acceptors (Lipinski definition) is 5. The lowest BCUT2D eigenvalue weighted by Gasteiger charge is -2.38. The SMILES string of the molecule is CC1COC(CO)CN1c1cc(Cl)ncn1. The Morgan fingerprint density at radius 3 is 3.12 bits per heavy atom. The van der Waals surface area contributed by atoms with Crippen molar-refractivity contribution >= 4 is 17.4 Å². The Kier molecular flexibility index (Phi) is 3.58. The molecule has 16 heavy (non-hydrogen) atoms. The van der Waals surface area contributed by atoms with E-state index in [0.29, 0.717) is 18.3 Å². The Hall–Kier alpha value is -0.910. The third-order valence-electron chi connectivity index (χ3n) is 2.62. The van der Waals surface area contributed by atoms with E-state index in [4.69, 9.17) is 21.4 Å². The molecule has 0 radical (unpaired) electrons. The van der Waals surface area contributed by atoms with Crippen LogP contribution in [-0.4, -0.2) is 47.0 Å². The van der Waals surface area contributed by atoms with Crippen molar-refractivity contribution in [3.8, 4) is 0 Å². The second-order valence-corrected chi connectivity index (χ2v) is 4.23. The Morgan fingerprint density at radius 2 is 2.44 bits per heavy atom.